The minimum Gasteiger partial charge on any atom is -0.255 e. The van der Waals surface area contributed by atoms with Crippen molar-refractivity contribution >= 4 is 0 Å². The summed E-state index contributed by atoms with van der Waals surface area (Å²) in [6, 6.07) is 11.6. The highest BCUT2D eigenvalue weighted by molar-refractivity contribution is 5.52. The summed E-state index contributed by atoms with van der Waals surface area (Å²) >= 11 is 0. The van der Waals surface area contributed by atoms with Crippen LogP contribution in [0.25, 0.3) is 11.4 Å². The van der Waals surface area contributed by atoms with E-state index in [1.807, 2.05) is 36.4 Å². The molecule has 0 aliphatic carbocycles. The van der Waals surface area contributed by atoms with E-state index in [0.717, 1.165) is 11.4 Å². The van der Waals surface area contributed by atoms with Crippen LogP contribution < -0.4 is 0 Å². The van der Waals surface area contributed by atoms with Gasteiger partial charge in [-0.2, -0.15) is 13.2 Å². The first kappa shape index (κ1) is 13.2. The lowest BCUT2D eigenvalue weighted by molar-refractivity contribution is -0.110. The Morgan fingerprint density at radius 3 is 1.41 bits per heavy atom. The summed E-state index contributed by atoms with van der Waals surface area (Å²) < 4.78 is 31.1. The molecule has 0 bridgehead atoms. The van der Waals surface area contributed by atoms with Gasteiger partial charge in [-0.3, -0.25) is 9.97 Å². The molecule has 2 nitrogen and oxygen atoms in total. The predicted octanol–water partition coefficient (Wildman–Crippen LogP) is 3.71. The number of alkyl halides is 3. The zero-order valence-corrected chi connectivity index (χ0v) is 9.15. The van der Waals surface area contributed by atoms with Gasteiger partial charge in [0.1, 0.15) is 0 Å². The molecule has 0 fully saturated rings. The quantitative estimate of drug-likeness (QED) is 0.759. The van der Waals surface area contributed by atoms with Crippen LogP contribution in [0.5, 0.6) is 0 Å². The van der Waals surface area contributed by atoms with E-state index in [4.69, 9.17) is 0 Å². The standard InChI is InChI=1S/C10H8N2.C2H3F3/c1-3-7-11-9(5-1)10-6-2-4-8-12-10;1-2(3,4)5/h1-8H;1H3. The molecule has 2 rings (SSSR count). The van der Waals surface area contributed by atoms with Gasteiger partial charge < -0.3 is 0 Å². The highest BCUT2D eigenvalue weighted by Crippen LogP contribution is 2.11. The van der Waals surface area contributed by atoms with E-state index >= 15 is 0 Å². The third-order valence-corrected chi connectivity index (χ3v) is 1.59. The predicted molar refractivity (Wildman–Crippen MR) is 59.2 cm³/mol. The average molecular weight is 240 g/mol. The molecule has 0 saturated heterocycles. The lowest BCUT2D eigenvalue weighted by Gasteiger charge is -1.96. The number of rotatable bonds is 1. The summed E-state index contributed by atoms with van der Waals surface area (Å²) in [7, 11) is 0. The minimum atomic E-state index is -4.00. The second-order valence-corrected chi connectivity index (χ2v) is 3.21. The second-order valence-electron chi connectivity index (χ2n) is 3.21. The van der Waals surface area contributed by atoms with Crippen LogP contribution in [0.2, 0.25) is 0 Å². The fourth-order valence-electron chi connectivity index (χ4n) is 1.03. The molecule has 0 saturated carbocycles. The summed E-state index contributed by atoms with van der Waals surface area (Å²) in [5, 5.41) is 0. The number of nitrogens with zero attached hydrogens (tertiary/aromatic N) is 2. The van der Waals surface area contributed by atoms with Crippen LogP contribution in [0.15, 0.2) is 48.8 Å². The van der Waals surface area contributed by atoms with Crippen molar-refractivity contribution in [1.82, 2.24) is 9.97 Å². The Bertz CT molecular complexity index is 383. The van der Waals surface area contributed by atoms with E-state index in [2.05, 4.69) is 9.97 Å². The molecular weight excluding hydrogens is 229 g/mol. The SMILES string of the molecule is CC(F)(F)F.c1ccc(-c2ccccn2)nc1. The Balaban J connectivity index is 0.000000249. The first-order chi connectivity index (χ1) is 7.97. The summed E-state index contributed by atoms with van der Waals surface area (Å²) in [5.74, 6) is 0. The van der Waals surface area contributed by atoms with Gasteiger partial charge in [-0.1, -0.05) is 12.1 Å². The molecule has 0 spiro atoms. The summed E-state index contributed by atoms with van der Waals surface area (Å²) in [5.41, 5.74) is 1.83. The molecule has 0 radical (unpaired) electrons. The van der Waals surface area contributed by atoms with Crippen molar-refractivity contribution in [2.45, 2.75) is 13.1 Å². The van der Waals surface area contributed by atoms with Gasteiger partial charge in [0.2, 0.25) is 0 Å². The largest absolute Gasteiger partial charge is 0.386 e. The van der Waals surface area contributed by atoms with Gasteiger partial charge in [0, 0.05) is 19.3 Å². The van der Waals surface area contributed by atoms with Crippen molar-refractivity contribution in [3.05, 3.63) is 48.8 Å². The van der Waals surface area contributed by atoms with E-state index < -0.39 is 6.18 Å². The van der Waals surface area contributed by atoms with E-state index in [0.29, 0.717) is 0 Å². The molecule has 0 atom stereocenters. The molecule has 0 unspecified atom stereocenters. The normalized spacial score (nSPS) is 10.4. The average Bonchev–Trinajstić information content (AvgIpc) is 2.29. The molecule has 90 valence electrons. The fourth-order valence-corrected chi connectivity index (χ4v) is 1.03. The third kappa shape index (κ3) is 6.29. The first-order valence-corrected chi connectivity index (χ1v) is 4.86. The highest BCUT2D eigenvalue weighted by Gasteiger charge is 2.15. The Hall–Kier alpha value is -1.91. The summed E-state index contributed by atoms with van der Waals surface area (Å²) in [4.78, 5) is 8.37. The summed E-state index contributed by atoms with van der Waals surface area (Å²) in [6.45, 7) is 0.188. The monoisotopic (exact) mass is 240 g/mol. The van der Waals surface area contributed by atoms with Crippen molar-refractivity contribution in [3.8, 4) is 11.4 Å². The number of hydrogen-bond donors (Lipinski definition) is 0. The van der Waals surface area contributed by atoms with Gasteiger partial charge in [0.05, 0.1) is 11.4 Å². The second kappa shape index (κ2) is 5.98. The van der Waals surface area contributed by atoms with Gasteiger partial charge in [0.15, 0.2) is 0 Å². The molecular formula is C12H11F3N2. The molecule has 0 N–H and O–H groups in total. The van der Waals surface area contributed by atoms with E-state index in [9.17, 15) is 13.2 Å². The van der Waals surface area contributed by atoms with E-state index in [1.165, 1.54) is 0 Å². The van der Waals surface area contributed by atoms with Crippen LogP contribution >= 0.6 is 0 Å². The maximum Gasteiger partial charge on any atom is 0.386 e. The third-order valence-electron chi connectivity index (χ3n) is 1.59. The molecule has 2 heterocycles. The van der Waals surface area contributed by atoms with Crippen LogP contribution in [0.3, 0.4) is 0 Å². The number of pyridine rings is 2. The molecule has 2 aromatic rings. The lowest BCUT2D eigenvalue weighted by atomic mass is 10.2. The van der Waals surface area contributed by atoms with Gasteiger partial charge in [-0.25, -0.2) is 0 Å². The van der Waals surface area contributed by atoms with Gasteiger partial charge >= 0.3 is 6.18 Å². The Morgan fingerprint density at radius 1 is 0.824 bits per heavy atom. The number of hydrogen-bond acceptors (Lipinski definition) is 2. The van der Waals surface area contributed by atoms with Crippen molar-refractivity contribution in [1.29, 1.82) is 0 Å². The number of aromatic nitrogens is 2. The Morgan fingerprint density at radius 2 is 1.18 bits per heavy atom. The highest BCUT2D eigenvalue weighted by atomic mass is 19.4. The zero-order chi connectivity index (χ0) is 12.7. The zero-order valence-electron chi connectivity index (χ0n) is 9.15. The van der Waals surface area contributed by atoms with Crippen molar-refractivity contribution < 1.29 is 13.2 Å². The van der Waals surface area contributed by atoms with Crippen molar-refractivity contribution in [3.63, 3.8) is 0 Å². The smallest absolute Gasteiger partial charge is 0.255 e. The molecule has 17 heavy (non-hydrogen) atoms. The fraction of sp³-hybridized carbons (Fsp3) is 0.167. The van der Waals surface area contributed by atoms with Gasteiger partial charge in [-0.05, 0) is 24.3 Å². The van der Waals surface area contributed by atoms with Crippen molar-refractivity contribution in [2.24, 2.45) is 0 Å². The van der Waals surface area contributed by atoms with Gasteiger partial charge in [-0.15, -0.1) is 0 Å². The van der Waals surface area contributed by atoms with Crippen LogP contribution in [0, 0.1) is 0 Å². The van der Waals surface area contributed by atoms with Gasteiger partial charge in [0.25, 0.3) is 0 Å². The maximum atomic E-state index is 10.4. The minimum absolute atomic E-state index is 0.188. The maximum absolute atomic E-state index is 10.4. The Kier molecular flexibility index (Phi) is 4.63. The summed E-state index contributed by atoms with van der Waals surface area (Å²) in [6.07, 6.45) is -0.464. The van der Waals surface area contributed by atoms with Crippen LogP contribution in [-0.4, -0.2) is 16.1 Å². The Labute approximate surface area is 97.2 Å². The molecule has 0 aliphatic heterocycles. The first-order valence-electron chi connectivity index (χ1n) is 4.86. The molecule has 0 amide bonds. The lowest BCUT2D eigenvalue weighted by Crippen LogP contribution is -1.95. The molecule has 0 aromatic carbocycles. The van der Waals surface area contributed by atoms with Crippen LogP contribution in [-0.2, 0) is 0 Å². The van der Waals surface area contributed by atoms with Crippen LogP contribution in [0.1, 0.15) is 6.92 Å². The van der Waals surface area contributed by atoms with Crippen molar-refractivity contribution in [2.75, 3.05) is 0 Å². The topological polar surface area (TPSA) is 25.8 Å². The van der Waals surface area contributed by atoms with E-state index in [1.54, 1.807) is 12.4 Å². The number of halogens is 3. The molecule has 2 aromatic heterocycles. The molecule has 5 heteroatoms. The molecule has 0 aliphatic rings. The van der Waals surface area contributed by atoms with E-state index in [-0.39, 0.29) is 6.92 Å². The van der Waals surface area contributed by atoms with Crippen LogP contribution in [0.4, 0.5) is 13.2 Å².